The van der Waals surface area contributed by atoms with Crippen molar-refractivity contribution in [3.8, 4) is 12.1 Å². The molecule has 4 aliphatic heterocycles. The van der Waals surface area contributed by atoms with Gasteiger partial charge in [0.2, 0.25) is 23.7 Å². The van der Waals surface area contributed by atoms with E-state index >= 15 is 17.6 Å². The maximum absolute atomic E-state index is 16.6. The van der Waals surface area contributed by atoms with Gasteiger partial charge in [-0.05, 0) is 54.3 Å². The molecular weight excluding hydrogens is 1860 g/mol. The summed E-state index contributed by atoms with van der Waals surface area (Å²) in [6, 6.07) is 32.4. The van der Waals surface area contributed by atoms with Crippen LogP contribution in [0, 0.1) is 34.5 Å². The minimum Gasteiger partial charge on any atom is -0.394 e. The van der Waals surface area contributed by atoms with E-state index in [9.17, 15) is 44.1 Å². The van der Waals surface area contributed by atoms with E-state index in [1.807, 2.05) is 48.5 Å². The molecule has 0 bridgehead atoms. The molecule has 8 aromatic heterocycles. The number of carbonyl (C=O) groups is 4. The topological polar surface area (TPSA) is 692 Å². The van der Waals surface area contributed by atoms with Gasteiger partial charge in [-0.3, -0.25) is 58.4 Å². The normalized spacial score (nSPS) is 23.5. The fourth-order valence-electron chi connectivity index (χ4n) is 12.5. The molecule has 3 aromatic carbocycles. The highest BCUT2D eigenvalue weighted by Gasteiger charge is 2.55. The number of fused-ring (bicyclic) bond motifs is 4. The number of nitriles is 2. The Morgan fingerprint density at radius 1 is 0.519 bits per heavy atom. The summed E-state index contributed by atoms with van der Waals surface area (Å²) < 4.78 is 143. The predicted molar refractivity (Wildman–Crippen MR) is 452 cm³/mol. The van der Waals surface area contributed by atoms with Crippen LogP contribution in [0.25, 0.3) is 44.7 Å². The van der Waals surface area contributed by atoms with Gasteiger partial charge in [0.1, 0.15) is 55.4 Å². The minimum atomic E-state index is -4.17. The van der Waals surface area contributed by atoms with Crippen LogP contribution in [-0.2, 0) is 88.4 Å². The van der Waals surface area contributed by atoms with Crippen LogP contribution in [0.5, 0.6) is 0 Å². The number of rotatable bonds is 30. The van der Waals surface area contributed by atoms with Crippen LogP contribution in [0.3, 0.4) is 0 Å². The molecule has 4 saturated heterocycles. The Morgan fingerprint density at radius 3 is 1.21 bits per heavy atom. The Hall–Kier alpha value is -11.4. The van der Waals surface area contributed by atoms with E-state index in [2.05, 4.69) is 102 Å². The SMILES string of the molecule is CC(C)C(=O)Nc1nc2c(nnn2[C@@H]2O[C@H](COP(=S)(OCCC#N)O[C@H]3[C@H](F)[C@H](n4nnc5c(NC(=O)c6ccccc6)ncnc54)O[C@@H]3CO)[C@@H](F)[C@@H]2O)c(=O)[nH]1.CC[C@H]1O[C@@H](n2nnc3c(NC(=O)c4ccccc4)ncnc32)[C@@H](F)[C@@H]1OP(=S)(OCCC#N)OC[C@H]1O[C@@H](n2nnc3c(=O)[nH]c(NC(=O)C(C)C)nc32)[C@@H](O)[C@@H]1F.N.O=PO.O=PO.c1ccccc1. The zero-order valence-corrected chi connectivity index (χ0v) is 74.0. The zero-order chi connectivity index (χ0) is 93.7. The number of amides is 4. The molecule has 2 unspecified atom stereocenters. The highest BCUT2D eigenvalue weighted by atomic mass is 32.5. The van der Waals surface area contributed by atoms with Crippen LogP contribution >= 0.6 is 30.8 Å². The molecule has 18 atom stereocenters. The van der Waals surface area contributed by atoms with Gasteiger partial charge in [0.05, 0.1) is 64.1 Å². The van der Waals surface area contributed by atoms with Crippen molar-refractivity contribution in [2.24, 2.45) is 11.8 Å². The third kappa shape index (κ3) is 24.5. The van der Waals surface area contributed by atoms with Gasteiger partial charge < -0.3 is 78.9 Å². The summed E-state index contributed by atoms with van der Waals surface area (Å²) in [6.45, 7) is -2.94. The number of halogens is 4. The number of carbonyl (C=O) groups excluding carboxylic acids is 4. The molecule has 131 heavy (non-hydrogen) atoms. The first kappa shape index (κ1) is 102. The van der Waals surface area contributed by atoms with E-state index in [0.29, 0.717) is 11.1 Å². The number of alkyl halides is 4. The number of hydrogen-bond acceptors (Lipinski definition) is 40. The lowest BCUT2D eigenvalue weighted by Gasteiger charge is -2.28. The van der Waals surface area contributed by atoms with E-state index in [-0.39, 0.29) is 107 Å². The highest BCUT2D eigenvalue weighted by Crippen LogP contribution is 2.57. The summed E-state index contributed by atoms with van der Waals surface area (Å²) >= 11 is 11.2. The second-order valence-electron chi connectivity index (χ2n) is 28.1. The monoisotopic (exact) mass is 1940 g/mol. The molecule has 698 valence electrons. The Labute approximate surface area is 748 Å². The lowest BCUT2D eigenvalue weighted by atomic mass is 10.1. The Bertz CT molecular complexity index is 5710. The number of aromatic amines is 2. The Balaban J connectivity index is 0.000000240. The number of aliphatic hydroxyl groups is 3. The molecule has 14 N–H and O–H groups in total. The molecule has 50 nitrogen and oxygen atoms in total. The number of nitrogens with one attached hydrogen (secondary N) is 6. The fourth-order valence-corrected chi connectivity index (χ4v) is 16.7. The highest BCUT2D eigenvalue weighted by molar-refractivity contribution is 8.07. The Kier molecular flexibility index (Phi) is 36.6. The van der Waals surface area contributed by atoms with Gasteiger partial charge in [-0.2, -0.15) is 39.2 Å². The average molecular weight is 1940 g/mol. The molecule has 11 aromatic rings. The third-order valence-electron chi connectivity index (χ3n) is 18.8. The maximum atomic E-state index is 16.6. The van der Waals surface area contributed by atoms with E-state index < -0.39 is 196 Å². The smallest absolute Gasteiger partial charge is 0.327 e. The first-order valence-corrected chi connectivity index (χ1v) is 45.3. The van der Waals surface area contributed by atoms with Gasteiger partial charge in [-0.1, -0.05) is 128 Å². The van der Waals surface area contributed by atoms with Crippen molar-refractivity contribution >= 4 is 146 Å². The largest absolute Gasteiger partial charge is 0.394 e. The number of aromatic nitrogens is 20. The van der Waals surface area contributed by atoms with Gasteiger partial charge >= 0.3 is 30.8 Å². The van der Waals surface area contributed by atoms with Crippen molar-refractivity contribution < 1.29 is 117 Å². The Morgan fingerprint density at radius 2 is 0.855 bits per heavy atom. The summed E-state index contributed by atoms with van der Waals surface area (Å²) in [6.07, 6.45) is -25.2. The first-order valence-electron chi connectivity index (χ1n) is 38.6. The van der Waals surface area contributed by atoms with Crippen LogP contribution in [0.4, 0.5) is 41.1 Å². The number of benzene rings is 3. The van der Waals surface area contributed by atoms with Crippen LogP contribution in [0.1, 0.15) is 99.5 Å². The molecule has 15 rings (SSSR count). The van der Waals surface area contributed by atoms with Gasteiger partial charge in [0, 0.05) is 23.0 Å². The molecular formula is C71H81F4N27O23P4S2. The van der Waals surface area contributed by atoms with Crippen molar-refractivity contribution in [1.29, 1.82) is 10.5 Å². The first-order chi connectivity index (χ1) is 62.5. The van der Waals surface area contributed by atoms with E-state index in [1.54, 1.807) is 95.3 Å². The quantitative estimate of drug-likeness (QED) is 0.0148. The van der Waals surface area contributed by atoms with Crippen molar-refractivity contribution in [2.75, 3.05) is 54.3 Å². The zero-order valence-electron chi connectivity index (χ0n) is 68.8. The van der Waals surface area contributed by atoms with E-state index in [4.69, 9.17) is 99.1 Å². The summed E-state index contributed by atoms with van der Waals surface area (Å²) in [7, 11) is -1.67. The van der Waals surface area contributed by atoms with Crippen LogP contribution in [-0.4, -0.2) is 255 Å². The minimum absolute atomic E-state index is 0. The number of anilines is 4. The van der Waals surface area contributed by atoms with Crippen molar-refractivity contribution in [3.05, 3.63) is 142 Å². The molecule has 0 spiro atoms. The number of nitrogens with zero attached hydrogens (tertiary/aromatic N) is 20. The van der Waals surface area contributed by atoms with Crippen LogP contribution in [0.15, 0.2) is 119 Å². The van der Waals surface area contributed by atoms with Gasteiger partial charge in [0.25, 0.3) is 22.9 Å². The second kappa shape index (κ2) is 47.1. The third-order valence-corrected chi connectivity index (χ3v) is 23.5. The average Bonchev–Trinajstić information content (AvgIpc) is 1.63. The molecule has 0 aliphatic carbocycles. The number of aliphatic hydroxyl groups excluding tert-OH is 3. The van der Waals surface area contributed by atoms with E-state index in [0.717, 1.165) is 31.4 Å². The molecule has 4 amide bonds. The molecule has 4 aliphatic rings. The van der Waals surface area contributed by atoms with Gasteiger partial charge in [0.15, 0.2) is 106 Å². The molecule has 12 heterocycles. The summed E-state index contributed by atoms with van der Waals surface area (Å²) in [5.74, 6) is -3.32. The fraction of sp³-hybridized carbons (Fsp3) is 0.437. The van der Waals surface area contributed by atoms with Crippen molar-refractivity contribution in [3.63, 3.8) is 0 Å². The predicted octanol–water partition coefficient (Wildman–Crippen LogP) is 5.59. The molecule has 4 fully saturated rings. The van der Waals surface area contributed by atoms with Crippen LogP contribution < -0.4 is 38.5 Å². The second-order valence-corrected chi connectivity index (χ2v) is 34.3. The lowest BCUT2D eigenvalue weighted by molar-refractivity contribution is -0.119. The number of hydrogen-bond donors (Lipinski definition) is 12. The van der Waals surface area contributed by atoms with Gasteiger partial charge in [-0.25, -0.2) is 46.6 Å². The summed E-state index contributed by atoms with van der Waals surface area (Å²) in [4.78, 5) is 119. The lowest BCUT2D eigenvalue weighted by Crippen LogP contribution is -2.34. The summed E-state index contributed by atoms with van der Waals surface area (Å²) in [5.41, 5.74) is -1.91. The van der Waals surface area contributed by atoms with Crippen molar-refractivity contribution in [1.82, 2.24) is 106 Å². The number of ether oxygens (including phenoxy) is 4. The molecule has 60 heteroatoms. The maximum Gasteiger partial charge on any atom is 0.327 e. The number of H-pyrrole nitrogens is 2. The molecule has 0 saturated carbocycles. The standard InChI is InChI=1S/C33H36F2N13O9PS.C32H34F2N13O10PS.C6H6.H3N.2HO2P/c1-4-17-24(20(35)31(55-17)47-26-21(43-45-47)25(37-14-38-26)39-29(51)16-9-6-5-7-10-16)57-58(59,53-12-8-11-36)54-13-18-19(34)23(49)32(56-18)48-27-22(44-46-48)30(52)42-33(40-27)41-28(50)15(2)3;1-14(2)27(50)40-32-39-26-21(29(52)41-32)43-45-47(26)31-22(49)18(33)17(56-31)12-54-58(59,53-10-6-9-35)57-23-16(11-48)55-30(19(23)34)46-25-20(42-44-46)24(36-13-37-25)38-28(51)15-7-4-3-5-8-15;1-2-4-6-5-3-1;;2*1-3-2/h5-7,9-10,14-15,17-20,23-24,31-32,49H,4,8,12-13H2,1-3H3,(H,37,38,39,51)(H2,40,41,42,50,52);3-5,7-8,13-14,16-19,22-23,30-31,48-49H,6,10-12H2,1-2H3,(H,36,37,38,51)(H2,39,40,41,50,52);1-6H;1H3;2*(H,1,2)/t17-,18-,19-,20+,23+,24-,31-,32-,58?;16-,17-,18-,19+,22+,23-,30-,31-,58?;;;;/m11..../s1. The van der Waals surface area contributed by atoms with Crippen molar-refractivity contribution in [2.45, 2.75) is 152 Å². The van der Waals surface area contributed by atoms with E-state index in [1.165, 1.54) is 0 Å². The van der Waals surface area contributed by atoms with Crippen LogP contribution in [0.2, 0.25) is 0 Å². The molecule has 0 radical (unpaired) electrons. The van der Waals surface area contributed by atoms with Gasteiger partial charge in [-0.15, -0.1) is 20.4 Å². The summed E-state index contributed by atoms with van der Waals surface area (Å²) in [5, 5.41) is 91.7.